The van der Waals surface area contributed by atoms with Gasteiger partial charge in [0.15, 0.2) is 0 Å². The van der Waals surface area contributed by atoms with E-state index in [-0.39, 0.29) is 12.0 Å². The standard InChI is InChI=1S/C12H15NO2S/c14-12(15)9-5-6-13(10-2-1-7-16-10)11(9)8-3-4-8/h1-2,7-9,11H,3-6H2,(H,14,15)/t9-,11+/m0/s1. The van der Waals surface area contributed by atoms with Crippen molar-refractivity contribution < 1.29 is 9.90 Å². The Hall–Kier alpha value is -1.03. The van der Waals surface area contributed by atoms with Crippen LogP contribution in [0.15, 0.2) is 17.5 Å². The third-order valence-electron chi connectivity index (χ3n) is 3.66. The van der Waals surface area contributed by atoms with Crippen molar-refractivity contribution in [1.82, 2.24) is 0 Å². The van der Waals surface area contributed by atoms with E-state index in [1.807, 2.05) is 6.07 Å². The molecule has 4 heteroatoms. The Morgan fingerprint density at radius 1 is 1.44 bits per heavy atom. The average molecular weight is 237 g/mol. The van der Waals surface area contributed by atoms with E-state index >= 15 is 0 Å². The van der Waals surface area contributed by atoms with Gasteiger partial charge < -0.3 is 10.0 Å². The highest BCUT2D eigenvalue weighted by atomic mass is 32.1. The Kier molecular flexibility index (Phi) is 2.39. The molecule has 1 aliphatic heterocycles. The van der Waals surface area contributed by atoms with Crippen LogP contribution < -0.4 is 4.90 Å². The summed E-state index contributed by atoms with van der Waals surface area (Å²) in [5.41, 5.74) is 0. The van der Waals surface area contributed by atoms with Crippen molar-refractivity contribution in [2.75, 3.05) is 11.4 Å². The largest absolute Gasteiger partial charge is 0.481 e. The molecule has 3 nitrogen and oxygen atoms in total. The molecule has 1 N–H and O–H groups in total. The van der Waals surface area contributed by atoms with Crippen LogP contribution in [0.5, 0.6) is 0 Å². The highest BCUT2D eigenvalue weighted by Crippen LogP contribution is 2.45. The number of rotatable bonds is 3. The van der Waals surface area contributed by atoms with Gasteiger partial charge in [0.25, 0.3) is 0 Å². The first-order valence-electron chi connectivity index (χ1n) is 5.80. The van der Waals surface area contributed by atoms with Gasteiger partial charge in [-0.15, -0.1) is 11.3 Å². The number of hydrogen-bond donors (Lipinski definition) is 1. The smallest absolute Gasteiger partial charge is 0.308 e. The van der Waals surface area contributed by atoms with Gasteiger partial charge >= 0.3 is 5.97 Å². The predicted octanol–water partition coefficient (Wildman–Crippen LogP) is 2.44. The maximum absolute atomic E-state index is 11.2. The van der Waals surface area contributed by atoms with Gasteiger partial charge in [-0.25, -0.2) is 0 Å². The van der Waals surface area contributed by atoms with Crippen molar-refractivity contribution in [2.45, 2.75) is 25.3 Å². The summed E-state index contributed by atoms with van der Waals surface area (Å²) in [7, 11) is 0. The fourth-order valence-electron chi connectivity index (χ4n) is 2.80. The number of aliphatic carboxylic acids is 1. The van der Waals surface area contributed by atoms with Crippen LogP contribution in [0.2, 0.25) is 0 Å². The average Bonchev–Trinajstić information content (AvgIpc) is 2.82. The van der Waals surface area contributed by atoms with Gasteiger partial charge in [0.2, 0.25) is 0 Å². The first kappa shape index (κ1) is 10.1. The van der Waals surface area contributed by atoms with Crippen molar-refractivity contribution >= 4 is 22.3 Å². The van der Waals surface area contributed by atoms with Crippen molar-refractivity contribution in [3.63, 3.8) is 0 Å². The van der Waals surface area contributed by atoms with Gasteiger partial charge in [-0.3, -0.25) is 4.79 Å². The van der Waals surface area contributed by atoms with Crippen LogP contribution in [0.3, 0.4) is 0 Å². The highest BCUT2D eigenvalue weighted by molar-refractivity contribution is 7.14. The number of carboxylic acid groups (broad SMARTS) is 1. The first-order valence-corrected chi connectivity index (χ1v) is 6.68. The van der Waals surface area contributed by atoms with Crippen molar-refractivity contribution in [2.24, 2.45) is 11.8 Å². The molecule has 1 aromatic heterocycles. The predicted molar refractivity (Wildman–Crippen MR) is 63.9 cm³/mol. The van der Waals surface area contributed by atoms with Crippen LogP contribution >= 0.6 is 11.3 Å². The molecule has 1 saturated carbocycles. The number of anilines is 1. The molecule has 0 unspecified atom stereocenters. The van der Waals surface area contributed by atoms with E-state index in [9.17, 15) is 9.90 Å². The number of nitrogens with zero attached hydrogens (tertiary/aromatic N) is 1. The zero-order valence-electron chi connectivity index (χ0n) is 9.00. The topological polar surface area (TPSA) is 40.5 Å². The molecule has 2 fully saturated rings. The van der Waals surface area contributed by atoms with Gasteiger partial charge in [-0.05, 0) is 42.7 Å². The lowest BCUT2D eigenvalue weighted by Gasteiger charge is -2.27. The second-order valence-corrected chi connectivity index (χ2v) is 5.63. The van der Waals surface area contributed by atoms with E-state index < -0.39 is 5.97 Å². The van der Waals surface area contributed by atoms with E-state index in [2.05, 4.69) is 16.3 Å². The second-order valence-electron chi connectivity index (χ2n) is 4.71. The third kappa shape index (κ3) is 1.61. The Morgan fingerprint density at radius 3 is 2.81 bits per heavy atom. The summed E-state index contributed by atoms with van der Waals surface area (Å²) < 4.78 is 0. The SMILES string of the molecule is O=C(O)[C@H]1CCN(c2cccs2)[C@@H]1C1CC1. The normalized spacial score (nSPS) is 29.6. The molecule has 1 aliphatic carbocycles. The van der Waals surface area contributed by atoms with E-state index in [0.717, 1.165) is 13.0 Å². The van der Waals surface area contributed by atoms with Gasteiger partial charge in [-0.2, -0.15) is 0 Å². The molecule has 2 aliphatic rings. The van der Waals surface area contributed by atoms with Crippen LogP contribution in [0.1, 0.15) is 19.3 Å². The molecule has 0 radical (unpaired) electrons. The quantitative estimate of drug-likeness (QED) is 0.877. The lowest BCUT2D eigenvalue weighted by Crippen LogP contribution is -2.37. The molecule has 0 amide bonds. The molecular formula is C12H15NO2S. The summed E-state index contributed by atoms with van der Waals surface area (Å²) in [5, 5.41) is 12.6. The van der Waals surface area contributed by atoms with Crippen molar-refractivity contribution in [3.05, 3.63) is 17.5 Å². The Labute approximate surface area is 98.7 Å². The maximum Gasteiger partial charge on any atom is 0.308 e. The van der Waals surface area contributed by atoms with Crippen LogP contribution in [0, 0.1) is 11.8 Å². The van der Waals surface area contributed by atoms with E-state index in [1.54, 1.807) is 11.3 Å². The van der Waals surface area contributed by atoms with Gasteiger partial charge in [0.1, 0.15) is 0 Å². The lowest BCUT2D eigenvalue weighted by molar-refractivity contribution is -0.142. The molecule has 0 spiro atoms. The number of thiophene rings is 1. The monoisotopic (exact) mass is 237 g/mol. The lowest BCUT2D eigenvalue weighted by atomic mass is 9.97. The fourth-order valence-corrected chi connectivity index (χ4v) is 3.60. The summed E-state index contributed by atoms with van der Waals surface area (Å²) >= 11 is 1.72. The Morgan fingerprint density at radius 2 is 2.25 bits per heavy atom. The van der Waals surface area contributed by atoms with E-state index in [1.165, 1.54) is 17.8 Å². The molecule has 16 heavy (non-hydrogen) atoms. The Balaban J connectivity index is 1.86. The number of carboxylic acids is 1. The maximum atomic E-state index is 11.2. The third-order valence-corrected chi connectivity index (χ3v) is 4.57. The number of carbonyl (C=O) groups is 1. The molecule has 3 rings (SSSR count). The minimum atomic E-state index is -0.615. The highest BCUT2D eigenvalue weighted by Gasteiger charge is 2.47. The van der Waals surface area contributed by atoms with Crippen molar-refractivity contribution in [3.8, 4) is 0 Å². The first-order chi connectivity index (χ1) is 7.77. The van der Waals surface area contributed by atoms with E-state index in [0.29, 0.717) is 5.92 Å². The summed E-state index contributed by atoms with van der Waals surface area (Å²) in [6, 6.07) is 4.39. The van der Waals surface area contributed by atoms with Gasteiger partial charge in [0.05, 0.1) is 10.9 Å². The summed E-state index contributed by atoms with van der Waals surface area (Å²) in [4.78, 5) is 13.6. The minimum Gasteiger partial charge on any atom is -0.481 e. The van der Waals surface area contributed by atoms with Crippen LogP contribution in [0.4, 0.5) is 5.00 Å². The van der Waals surface area contributed by atoms with Gasteiger partial charge in [-0.1, -0.05) is 0 Å². The zero-order valence-corrected chi connectivity index (χ0v) is 9.82. The van der Waals surface area contributed by atoms with E-state index in [4.69, 9.17) is 0 Å². The minimum absolute atomic E-state index is 0.158. The molecule has 86 valence electrons. The number of hydrogen-bond acceptors (Lipinski definition) is 3. The van der Waals surface area contributed by atoms with Crippen LogP contribution in [0.25, 0.3) is 0 Å². The molecule has 0 aromatic carbocycles. The van der Waals surface area contributed by atoms with Crippen LogP contribution in [-0.4, -0.2) is 23.7 Å². The van der Waals surface area contributed by atoms with Crippen LogP contribution in [-0.2, 0) is 4.79 Å². The second kappa shape index (κ2) is 3.77. The zero-order chi connectivity index (χ0) is 11.1. The fraction of sp³-hybridized carbons (Fsp3) is 0.583. The van der Waals surface area contributed by atoms with Crippen molar-refractivity contribution in [1.29, 1.82) is 0 Å². The molecule has 2 heterocycles. The molecule has 2 atom stereocenters. The summed E-state index contributed by atoms with van der Waals surface area (Å²) in [6.45, 7) is 0.901. The molecule has 1 saturated heterocycles. The Bertz CT molecular complexity index is 386. The summed E-state index contributed by atoms with van der Waals surface area (Å²) in [5.74, 6) is -0.156. The van der Waals surface area contributed by atoms with Gasteiger partial charge in [0, 0.05) is 12.6 Å². The molecular weight excluding hydrogens is 222 g/mol. The molecule has 1 aromatic rings. The summed E-state index contributed by atoms with van der Waals surface area (Å²) in [6.07, 6.45) is 3.21. The molecule has 0 bridgehead atoms.